The van der Waals surface area contributed by atoms with E-state index in [1.807, 2.05) is 0 Å². The fourth-order valence-corrected chi connectivity index (χ4v) is 4.12. The van der Waals surface area contributed by atoms with Gasteiger partial charge in [0.25, 0.3) is 5.56 Å². The average molecular weight is 472 g/mol. The van der Waals surface area contributed by atoms with Gasteiger partial charge in [0.2, 0.25) is 0 Å². The summed E-state index contributed by atoms with van der Waals surface area (Å²) < 4.78 is 16.1. The van der Waals surface area contributed by atoms with Crippen LogP contribution in [0.2, 0.25) is 20.1 Å². The number of nitrogens with one attached hydrogen (secondary N) is 1. The van der Waals surface area contributed by atoms with Gasteiger partial charge < -0.3 is 5.32 Å². The van der Waals surface area contributed by atoms with Gasteiger partial charge >= 0.3 is 0 Å². The van der Waals surface area contributed by atoms with E-state index >= 15 is 0 Å². The largest absolute Gasteiger partial charge is 0.339 e. The summed E-state index contributed by atoms with van der Waals surface area (Å²) in [6, 6.07) is 8.63. The number of nitrogens with zero attached hydrogens (tertiary/aromatic N) is 3. The van der Waals surface area contributed by atoms with E-state index in [0.29, 0.717) is 33.4 Å². The van der Waals surface area contributed by atoms with Crippen molar-refractivity contribution in [2.75, 3.05) is 5.32 Å². The summed E-state index contributed by atoms with van der Waals surface area (Å²) >= 11 is 24.6. The standard InChI is InChI=1S/C19H11Cl4FN4O/c1-9-18-26-16(25-15-3-2-11(24)8-12(15)21)4-5-27(18)28(19(9)29)17-13(22)6-10(20)7-14(17)23/h2-8H,1H3,(H,25,26). The summed E-state index contributed by atoms with van der Waals surface area (Å²) in [6.45, 7) is 1.65. The highest BCUT2D eigenvalue weighted by Crippen LogP contribution is 2.32. The van der Waals surface area contributed by atoms with Crippen LogP contribution in [-0.2, 0) is 0 Å². The number of aromatic nitrogens is 3. The highest BCUT2D eigenvalue weighted by atomic mass is 35.5. The fraction of sp³-hybridized carbons (Fsp3) is 0.0526. The van der Waals surface area contributed by atoms with Crippen molar-refractivity contribution in [2.24, 2.45) is 0 Å². The predicted octanol–water partition coefficient (Wildman–Crippen LogP) is 6.29. The smallest absolute Gasteiger partial charge is 0.277 e. The minimum absolute atomic E-state index is 0.207. The topological polar surface area (TPSA) is 51.3 Å². The quantitative estimate of drug-likeness (QED) is 0.382. The number of rotatable bonds is 3. The molecule has 29 heavy (non-hydrogen) atoms. The van der Waals surface area contributed by atoms with E-state index in [1.54, 1.807) is 19.2 Å². The van der Waals surface area contributed by atoms with Crippen LogP contribution in [0.5, 0.6) is 0 Å². The van der Waals surface area contributed by atoms with Crippen LogP contribution in [0.25, 0.3) is 11.3 Å². The molecule has 0 aliphatic carbocycles. The molecule has 2 aromatic carbocycles. The Labute approximate surface area is 184 Å². The highest BCUT2D eigenvalue weighted by Gasteiger charge is 2.19. The molecule has 2 aromatic heterocycles. The molecule has 0 amide bonds. The minimum atomic E-state index is -0.444. The number of aryl methyl sites for hydroxylation is 1. The van der Waals surface area contributed by atoms with E-state index in [9.17, 15) is 9.18 Å². The molecular weight excluding hydrogens is 461 g/mol. The summed E-state index contributed by atoms with van der Waals surface area (Å²) in [5.41, 5.74) is 1.23. The molecule has 1 N–H and O–H groups in total. The second kappa shape index (κ2) is 7.54. The van der Waals surface area contributed by atoms with Crippen LogP contribution in [0, 0.1) is 12.7 Å². The summed E-state index contributed by atoms with van der Waals surface area (Å²) in [7, 11) is 0. The Kier molecular flexibility index (Phi) is 5.21. The average Bonchev–Trinajstić information content (AvgIpc) is 2.88. The normalized spacial score (nSPS) is 11.2. The second-order valence-electron chi connectivity index (χ2n) is 6.19. The van der Waals surface area contributed by atoms with Gasteiger partial charge in [-0.3, -0.25) is 4.79 Å². The van der Waals surface area contributed by atoms with Crippen molar-refractivity contribution >= 4 is 63.6 Å². The van der Waals surface area contributed by atoms with E-state index in [-0.39, 0.29) is 20.6 Å². The number of hydrogen-bond donors (Lipinski definition) is 1. The lowest BCUT2D eigenvalue weighted by atomic mass is 10.3. The Balaban J connectivity index is 1.86. The second-order valence-corrected chi connectivity index (χ2v) is 7.85. The third-order valence-electron chi connectivity index (χ3n) is 4.27. The maximum atomic E-state index is 13.2. The maximum Gasteiger partial charge on any atom is 0.277 e. The molecule has 0 aliphatic heterocycles. The number of benzene rings is 2. The molecule has 0 radical (unpaired) electrons. The van der Waals surface area contributed by atoms with Gasteiger partial charge in [-0.05, 0) is 43.3 Å². The van der Waals surface area contributed by atoms with Crippen LogP contribution in [-0.4, -0.2) is 14.2 Å². The van der Waals surface area contributed by atoms with Crippen LogP contribution in [0.15, 0.2) is 47.4 Å². The molecule has 148 valence electrons. The molecule has 0 spiro atoms. The van der Waals surface area contributed by atoms with Gasteiger partial charge in [0.15, 0.2) is 5.65 Å². The predicted molar refractivity (Wildman–Crippen MR) is 115 cm³/mol. The van der Waals surface area contributed by atoms with Gasteiger partial charge in [-0.2, -0.15) is 0 Å². The Morgan fingerprint density at radius 1 is 1.00 bits per heavy atom. The first kappa shape index (κ1) is 20.0. The number of halogens is 5. The zero-order valence-electron chi connectivity index (χ0n) is 14.7. The van der Waals surface area contributed by atoms with E-state index < -0.39 is 5.82 Å². The Bertz CT molecular complexity index is 1310. The maximum absolute atomic E-state index is 13.2. The zero-order chi connectivity index (χ0) is 20.9. The molecule has 0 fully saturated rings. The van der Waals surface area contributed by atoms with Crippen LogP contribution in [0.4, 0.5) is 15.9 Å². The summed E-state index contributed by atoms with van der Waals surface area (Å²) in [4.78, 5) is 17.4. The molecule has 5 nitrogen and oxygen atoms in total. The van der Waals surface area contributed by atoms with Crippen LogP contribution >= 0.6 is 46.4 Å². The van der Waals surface area contributed by atoms with E-state index in [2.05, 4.69) is 10.3 Å². The Morgan fingerprint density at radius 2 is 1.69 bits per heavy atom. The first-order valence-corrected chi connectivity index (χ1v) is 9.75. The first-order valence-electron chi connectivity index (χ1n) is 8.24. The molecule has 0 atom stereocenters. The third kappa shape index (κ3) is 3.57. The van der Waals surface area contributed by atoms with Gasteiger partial charge in [-0.25, -0.2) is 18.6 Å². The van der Waals surface area contributed by atoms with Gasteiger partial charge in [-0.15, -0.1) is 0 Å². The Hall–Kier alpha value is -2.25. The Morgan fingerprint density at radius 3 is 2.34 bits per heavy atom. The summed E-state index contributed by atoms with van der Waals surface area (Å²) in [5.74, 6) is -0.0211. The molecular formula is C19H11Cl4FN4O. The number of anilines is 2. The number of hydrogen-bond acceptors (Lipinski definition) is 3. The molecule has 2 heterocycles. The lowest BCUT2D eigenvalue weighted by molar-refractivity contribution is 0.628. The van der Waals surface area contributed by atoms with Crippen molar-refractivity contribution in [3.05, 3.63) is 84.4 Å². The number of fused-ring (bicyclic) bond motifs is 1. The van der Waals surface area contributed by atoms with Crippen molar-refractivity contribution in [3.8, 4) is 5.69 Å². The van der Waals surface area contributed by atoms with Crippen molar-refractivity contribution < 1.29 is 4.39 Å². The molecule has 0 saturated heterocycles. The van der Waals surface area contributed by atoms with Crippen LogP contribution in [0.3, 0.4) is 0 Å². The zero-order valence-corrected chi connectivity index (χ0v) is 17.7. The van der Waals surface area contributed by atoms with Crippen molar-refractivity contribution in [3.63, 3.8) is 0 Å². The van der Waals surface area contributed by atoms with Gasteiger partial charge in [0.05, 0.1) is 26.3 Å². The summed E-state index contributed by atoms with van der Waals surface area (Å²) in [5, 5.41) is 4.03. The van der Waals surface area contributed by atoms with Gasteiger partial charge in [0.1, 0.15) is 17.3 Å². The first-order chi connectivity index (χ1) is 13.8. The monoisotopic (exact) mass is 470 g/mol. The molecule has 0 saturated carbocycles. The SMILES string of the molecule is Cc1c(=O)n(-c2c(Cl)cc(Cl)cc2Cl)n2ccc(Nc3ccc(F)cc3Cl)nc12. The molecule has 0 aliphatic rings. The molecule has 4 rings (SSSR count). The van der Waals surface area contributed by atoms with Crippen molar-refractivity contribution in [1.29, 1.82) is 0 Å². The molecule has 4 aromatic rings. The molecule has 0 unspecified atom stereocenters. The minimum Gasteiger partial charge on any atom is -0.339 e. The lowest BCUT2D eigenvalue weighted by Gasteiger charge is -2.12. The van der Waals surface area contributed by atoms with Crippen LogP contribution < -0.4 is 10.9 Å². The van der Waals surface area contributed by atoms with E-state index in [1.165, 1.54) is 39.5 Å². The highest BCUT2D eigenvalue weighted by molar-refractivity contribution is 6.40. The van der Waals surface area contributed by atoms with Gasteiger partial charge in [-0.1, -0.05) is 46.4 Å². The molecule has 0 bridgehead atoms. The summed E-state index contributed by atoms with van der Waals surface area (Å²) in [6.07, 6.45) is 1.64. The molecule has 10 heteroatoms. The fourth-order valence-electron chi connectivity index (χ4n) is 2.93. The third-order valence-corrected chi connectivity index (χ3v) is 5.38. The van der Waals surface area contributed by atoms with Crippen molar-refractivity contribution in [1.82, 2.24) is 14.2 Å². The lowest BCUT2D eigenvalue weighted by Crippen LogP contribution is -2.19. The van der Waals surface area contributed by atoms with Crippen molar-refractivity contribution in [2.45, 2.75) is 6.92 Å². The van der Waals surface area contributed by atoms with Crippen LogP contribution in [0.1, 0.15) is 5.56 Å². The van der Waals surface area contributed by atoms with E-state index in [0.717, 1.165) is 0 Å². The van der Waals surface area contributed by atoms with E-state index in [4.69, 9.17) is 46.4 Å². The van der Waals surface area contributed by atoms with Gasteiger partial charge in [0, 0.05) is 11.2 Å².